The van der Waals surface area contributed by atoms with E-state index >= 15 is 0 Å². The smallest absolute Gasteiger partial charge is 0.256 e. The van der Waals surface area contributed by atoms with Gasteiger partial charge in [0.05, 0.1) is 5.69 Å². The third-order valence-corrected chi connectivity index (χ3v) is 8.04. The number of benzene rings is 4. The van der Waals surface area contributed by atoms with Gasteiger partial charge in [0, 0.05) is 55.1 Å². The number of fused-ring (bicyclic) bond motifs is 2. The minimum atomic E-state index is -0.382. The summed E-state index contributed by atoms with van der Waals surface area (Å²) >= 11 is 0. The monoisotopic (exact) mass is 564 g/mol. The van der Waals surface area contributed by atoms with Gasteiger partial charge in [-0.05, 0) is 60.2 Å². The number of piperazine rings is 1. The van der Waals surface area contributed by atoms with Crippen molar-refractivity contribution >= 4 is 23.2 Å². The van der Waals surface area contributed by atoms with Crippen LogP contribution in [0, 0.1) is 5.82 Å². The molecule has 42 heavy (non-hydrogen) atoms. The number of anilines is 2. The number of rotatable bonds is 6. The number of amides is 2. The second-order valence-corrected chi connectivity index (χ2v) is 10.6. The lowest BCUT2D eigenvalue weighted by Crippen LogP contribution is -2.49. The zero-order valence-corrected chi connectivity index (χ0v) is 22.8. The largest absolute Gasteiger partial charge is 0.454 e. The normalized spacial score (nSPS) is 17.4. The first-order chi connectivity index (χ1) is 20.5. The summed E-state index contributed by atoms with van der Waals surface area (Å²) in [6.07, 6.45) is -0.382. The number of hydrogen-bond donors (Lipinski definition) is 1. The Bertz CT molecular complexity index is 1650. The summed E-state index contributed by atoms with van der Waals surface area (Å²) in [6, 6.07) is 27.4. The molecule has 4 aromatic rings. The molecular weight excluding hydrogens is 535 g/mol. The van der Waals surface area contributed by atoms with Crippen molar-refractivity contribution in [3.63, 3.8) is 0 Å². The van der Waals surface area contributed by atoms with Gasteiger partial charge in [-0.25, -0.2) is 4.39 Å². The van der Waals surface area contributed by atoms with Crippen molar-refractivity contribution in [3.05, 3.63) is 119 Å². The lowest BCUT2D eigenvalue weighted by atomic mass is 10.1. The maximum Gasteiger partial charge on any atom is 0.256 e. The van der Waals surface area contributed by atoms with E-state index in [9.17, 15) is 14.0 Å². The molecule has 9 heteroatoms. The van der Waals surface area contributed by atoms with Gasteiger partial charge >= 0.3 is 0 Å². The lowest BCUT2D eigenvalue weighted by molar-refractivity contribution is 0.0726. The first-order valence-corrected chi connectivity index (χ1v) is 14.0. The van der Waals surface area contributed by atoms with Crippen molar-refractivity contribution in [2.45, 2.75) is 12.7 Å². The molecule has 2 amide bonds. The maximum atomic E-state index is 14.2. The molecule has 1 atom stereocenters. The van der Waals surface area contributed by atoms with Crippen LogP contribution >= 0.6 is 0 Å². The molecule has 0 aliphatic carbocycles. The number of carbonyl (C=O) groups excluding carboxylic acids is 2. The molecule has 0 radical (unpaired) electrons. The average Bonchev–Trinajstić information content (AvgIpc) is 3.60. The first-order valence-electron chi connectivity index (χ1n) is 14.0. The van der Waals surface area contributed by atoms with Crippen LogP contribution in [-0.2, 0) is 6.54 Å². The van der Waals surface area contributed by atoms with Gasteiger partial charge in [-0.1, -0.05) is 36.4 Å². The molecule has 1 unspecified atom stereocenters. The van der Waals surface area contributed by atoms with Crippen LogP contribution in [0.5, 0.6) is 11.5 Å². The Morgan fingerprint density at radius 2 is 1.60 bits per heavy atom. The van der Waals surface area contributed by atoms with Crippen LogP contribution in [0.25, 0.3) is 0 Å². The van der Waals surface area contributed by atoms with E-state index in [4.69, 9.17) is 9.47 Å². The molecule has 8 nitrogen and oxygen atoms in total. The highest BCUT2D eigenvalue weighted by Crippen LogP contribution is 2.38. The number of para-hydroxylation sites is 1. The van der Waals surface area contributed by atoms with E-state index in [0.717, 1.165) is 16.8 Å². The van der Waals surface area contributed by atoms with Gasteiger partial charge in [0.2, 0.25) is 6.79 Å². The number of nitrogens with one attached hydrogen (secondary N) is 1. The minimum Gasteiger partial charge on any atom is -0.454 e. The summed E-state index contributed by atoms with van der Waals surface area (Å²) < 4.78 is 25.2. The van der Waals surface area contributed by atoms with E-state index in [2.05, 4.69) is 5.32 Å². The number of hydrogen-bond acceptors (Lipinski definition) is 6. The van der Waals surface area contributed by atoms with Gasteiger partial charge in [-0.15, -0.1) is 0 Å². The third kappa shape index (κ3) is 4.76. The van der Waals surface area contributed by atoms with E-state index in [-0.39, 0.29) is 30.6 Å². The van der Waals surface area contributed by atoms with Crippen molar-refractivity contribution in [3.8, 4) is 11.5 Å². The van der Waals surface area contributed by atoms with E-state index in [1.807, 2.05) is 65.6 Å². The van der Waals surface area contributed by atoms with Gasteiger partial charge in [-0.2, -0.15) is 0 Å². The molecule has 0 saturated carbocycles. The molecular formula is C33H29FN4O4. The predicted molar refractivity (Wildman–Crippen MR) is 156 cm³/mol. The number of nitrogens with zero attached hydrogens (tertiary/aromatic N) is 3. The molecule has 3 heterocycles. The Hall–Kier alpha value is -5.05. The zero-order valence-electron chi connectivity index (χ0n) is 22.8. The number of ether oxygens (including phenoxy) is 2. The number of halogens is 1. The fourth-order valence-corrected chi connectivity index (χ4v) is 5.83. The molecule has 1 N–H and O–H groups in total. The van der Waals surface area contributed by atoms with Crippen molar-refractivity contribution in [2.75, 3.05) is 43.2 Å². The van der Waals surface area contributed by atoms with E-state index in [0.29, 0.717) is 61.0 Å². The second kappa shape index (κ2) is 10.7. The van der Waals surface area contributed by atoms with Crippen LogP contribution in [0.3, 0.4) is 0 Å². The molecule has 0 aromatic heterocycles. The molecule has 7 rings (SSSR count). The van der Waals surface area contributed by atoms with Crippen molar-refractivity contribution in [1.29, 1.82) is 0 Å². The minimum absolute atomic E-state index is 0.0536. The maximum absolute atomic E-state index is 14.2. The fourth-order valence-electron chi connectivity index (χ4n) is 5.83. The van der Waals surface area contributed by atoms with Gasteiger partial charge in [0.1, 0.15) is 12.0 Å². The Kier molecular flexibility index (Phi) is 6.62. The van der Waals surface area contributed by atoms with Crippen molar-refractivity contribution in [2.24, 2.45) is 0 Å². The Morgan fingerprint density at radius 3 is 2.40 bits per heavy atom. The Morgan fingerprint density at radius 1 is 0.857 bits per heavy atom. The van der Waals surface area contributed by atoms with Gasteiger partial charge < -0.3 is 29.5 Å². The summed E-state index contributed by atoms with van der Waals surface area (Å²) in [5.41, 5.74) is 4.44. The van der Waals surface area contributed by atoms with Crippen LogP contribution in [0.2, 0.25) is 0 Å². The molecule has 3 aliphatic heterocycles. The highest BCUT2D eigenvalue weighted by Gasteiger charge is 2.36. The molecule has 0 bridgehead atoms. The average molecular weight is 565 g/mol. The van der Waals surface area contributed by atoms with Crippen molar-refractivity contribution in [1.82, 2.24) is 9.80 Å². The van der Waals surface area contributed by atoms with E-state index in [1.54, 1.807) is 34.1 Å². The SMILES string of the molecule is O=C(c1ccc(NC2c3ccccc3C(=O)N2Cc2ccc3c(c2)OCO3)cc1)N1CCN(c2ccccc2F)CC1. The fraction of sp³-hybridized carbons (Fsp3) is 0.212. The molecule has 1 fully saturated rings. The first kappa shape index (κ1) is 25.9. The number of carbonyl (C=O) groups is 2. The standard InChI is InChI=1S/C33H29FN4O4/c34-27-7-3-4-8-28(27)36-15-17-37(18-16-36)32(39)23-10-12-24(13-11-23)35-31-25-5-1-2-6-26(25)33(40)38(31)20-22-9-14-29-30(19-22)42-21-41-29/h1-14,19,31,35H,15-18,20-21H2. The summed E-state index contributed by atoms with van der Waals surface area (Å²) in [7, 11) is 0. The molecule has 212 valence electrons. The van der Waals surface area contributed by atoms with E-state index in [1.165, 1.54) is 6.07 Å². The van der Waals surface area contributed by atoms with E-state index < -0.39 is 0 Å². The third-order valence-electron chi connectivity index (χ3n) is 8.04. The molecule has 4 aromatic carbocycles. The second-order valence-electron chi connectivity index (χ2n) is 10.6. The summed E-state index contributed by atoms with van der Waals surface area (Å²) in [5.74, 6) is 1.02. The zero-order chi connectivity index (χ0) is 28.6. The topological polar surface area (TPSA) is 74.3 Å². The van der Waals surface area contributed by atoms with Crippen LogP contribution in [0.15, 0.2) is 91.0 Å². The Balaban J connectivity index is 1.05. The van der Waals surface area contributed by atoms with Crippen LogP contribution in [0.1, 0.15) is 38.0 Å². The van der Waals surface area contributed by atoms with Crippen LogP contribution in [-0.4, -0.2) is 54.6 Å². The van der Waals surface area contributed by atoms with Gasteiger partial charge in [0.25, 0.3) is 11.8 Å². The molecule has 1 saturated heterocycles. The predicted octanol–water partition coefficient (Wildman–Crippen LogP) is 5.28. The van der Waals surface area contributed by atoms with Crippen LogP contribution in [0.4, 0.5) is 15.8 Å². The molecule has 3 aliphatic rings. The lowest BCUT2D eigenvalue weighted by Gasteiger charge is -2.36. The summed E-state index contributed by atoms with van der Waals surface area (Å²) in [6.45, 7) is 2.75. The van der Waals surface area contributed by atoms with Crippen molar-refractivity contribution < 1.29 is 23.5 Å². The Labute approximate surface area is 242 Å². The van der Waals surface area contributed by atoms with Gasteiger partial charge in [-0.3, -0.25) is 9.59 Å². The summed E-state index contributed by atoms with van der Waals surface area (Å²) in [4.78, 5) is 32.3. The summed E-state index contributed by atoms with van der Waals surface area (Å²) in [5, 5.41) is 3.51. The quantitative estimate of drug-likeness (QED) is 0.344. The highest BCUT2D eigenvalue weighted by molar-refractivity contribution is 5.99. The van der Waals surface area contributed by atoms with Gasteiger partial charge in [0.15, 0.2) is 11.5 Å². The highest BCUT2D eigenvalue weighted by atomic mass is 19.1. The molecule has 0 spiro atoms. The van der Waals surface area contributed by atoms with Crippen LogP contribution < -0.4 is 19.7 Å².